The van der Waals surface area contributed by atoms with E-state index in [2.05, 4.69) is 15.7 Å². The van der Waals surface area contributed by atoms with Crippen molar-refractivity contribution in [3.05, 3.63) is 58.1 Å². The summed E-state index contributed by atoms with van der Waals surface area (Å²) in [5.41, 5.74) is -0.0672. The number of rotatable bonds is 6. The zero-order valence-electron chi connectivity index (χ0n) is 14.4. The molecule has 3 aromatic rings. The summed E-state index contributed by atoms with van der Waals surface area (Å²) in [5.74, 6) is 0.168. The number of amides is 2. The number of nitrogens with one attached hydrogen (secondary N) is 2. The molecular formula is C18H18FN5O2S. The molecule has 1 fully saturated rings. The Balaban J connectivity index is 1.41. The van der Waals surface area contributed by atoms with Crippen LogP contribution in [0.4, 0.5) is 14.9 Å². The largest absolute Gasteiger partial charge is 0.346 e. The molecule has 1 aromatic carbocycles. The first kappa shape index (κ1) is 17.5. The van der Waals surface area contributed by atoms with E-state index in [-0.39, 0.29) is 30.5 Å². The van der Waals surface area contributed by atoms with Crippen molar-refractivity contribution in [1.82, 2.24) is 19.7 Å². The van der Waals surface area contributed by atoms with E-state index in [9.17, 15) is 14.0 Å². The third-order valence-electron chi connectivity index (χ3n) is 4.26. The van der Waals surface area contributed by atoms with Gasteiger partial charge in [-0.15, -0.1) is 16.4 Å². The van der Waals surface area contributed by atoms with Crippen molar-refractivity contribution in [1.29, 1.82) is 0 Å². The van der Waals surface area contributed by atoms with Crippen LogP contribution in [-0.2, 0) is 6.54 Å². The minimum atomic E-state index is -0.534. The molecule has 0 atom stereocenters. The second kappa shape index (κ2) is 7.36. The smallest absolute Gasteiger partial charge is 0.336 e. The third-order valence-corrected chi connectivity index (χ3v) is 5.12. The summed E-state index contributed by atoms with van der Waals surface area (Å²) < 4.78 is 16.7. The zero-order valence-corrected chi connectivity index (χ0v) is 15.2. The second-order valence-electron chi connectivity index (χ2n) is 6.27. The number of hydrogen-bond acceptors (Lipinski definition) is 4. The lowest BCUT2D eigenvalue weighted by atomic mass is 10.3. The van der Waals surface area contributed by atoms with Crippen LogP contribution in [0.15, 0.2) is 46.6 Å². The first-order chi connectivity index (χ1) is 13.1. The highest BCUT2D eigenvalue weighted by atomic mass is 32.1. The van der Waals surface area contributed by atoms with Gasteiger partial charge in [0.2, 0.25) is 0 Å². The molecule has 4 rings (SSSR count). The molecule has 27 heavy (non-hydrogen) atoms. The Bertz CT molecular complexity index is 1010. The van der Waals surface area contributed by atoms with Gasteiger partial charge >= 0.3 is 11.7 Å². The van der Waals surface area contributed by atoms with E-state index in [1.807, 2.05) is 17.5 Å². The molecular weight excluding hydrogens is 369 g/mol. The first-order valence-electron chi connectivity index (χ1n) is 8.66. The van der Waals surface area contributed by atoms with Crippen LogP contribution < -0.4 is 16.3 Å². The van der Waals surface area contributed by atoms with Gasteiger partial charge in [-0.05, 0) is 36.4 Å². The van der Waals surface area contributed by atoms with Gasteiger partial charge in [-0.2, -0.15) is 0 Å². The van der Waals surface area contributed by atoms with Gasteiger partial charge in [-0.1, -0.05) is 18.2 Å². The maximum Gasteiger partial charge on any atom is 0.346 e. The average Bonchev–Trinajstić information content (AvgIpc) is 3.23. The molecule has 2 amide bonds. The van der Waals surface area contributed by atoms with Gasteiger partial charge in [-0.25, -0.2) is 18.7 Å². The van der Waals surface area contributed by atoms with Crippen LogP contribution in [0, 0.1) is 5.82 Å². The fraction of sp³-hybridized carbons (Fsp3) is 0.278. The van der Waals surface area contributed by atoms with Gasteiger partial charge in [0.05, 0.1) is 17.1 Å². The predicted molar refractivity (Wildman–Crippen MR) is 101 cm³/mol. The SMILES string of the molecule is O=C(NCCn1nc(-c2cccs2)n(C2CC2)c1=O)Nc1ccccc1F. The molecule has 1 aliphatic rings. The van der Waals surface area contributed by atoms with Crippen molar-refractivity contribution in [2.45, 2.75) is 25.4 Å². The summed E-state index contributed by atoms with van der Waals surface area (Å²) in [6, 6.07) is 9.47. The maximum absolute atomic E-state index is 13.6. The molecule has 140 valence electrons. The number of benzene rings is 1. The molecule has 0 saturated heterocycles. The van der Waals surface area contributed by atoms with Gasteiger partial charge in [-0.3, -0.25) is 4.57 Å². The Morgan fingerprint density at radius 1 is 1.26 bits per heavy atom. The molecule has 0 bridgehead atoms. The molecule has 7 nitrogen and oxygen atoms in total. The maximum atomic E-state index is 13.6. The Labute approximate surface area is 158 Å². The molecule has 2 aromatic heterocycles. The predicted octanol–water partition coefficient (Wildman–Crippen LogP) is 3.07. The zero-order chi connectivity index (χ0) is 18.8. The number of nitrogens with zero attached hydrogens (tertiary/aromatic N) is 3. The van der Waals surface area contributed by atoms with Crippen LogP contribution in [0.25, 0.3) is 10.7 Å². The van der Waals surface area contributed by atoms with E-state index in [0.717, 1.165) is 17.7 Å². The number of carbonyl (C=O) groups excluding carboxylic acids is 1. The highest BCUT2D eigenvalue weighted by Crippen LogP contribution is 2.37. The van der Waals surface area contributed by atoms with Gasteiger partial charge in [0.25, 0.3) is 0 Å². The number of halogens is 1. The van der Waals surface area contributed by atoms with Crippen molar-refractivity contribution in [3.8, 4) is 10.7 Å². The number of urea groups is 1. The van der Waals surface area contributed by atoms with Crippen LogP contribution in [0.5, 0.6) is 0 Å². The van der Waals surface area contributed by atoms with Crippen molar-refractivity contribution in [3.63, 3.8) is 0 Å². The van der Waals surface area contributed by atoms with E-state index in [1.54, 1.807) is 16.7 Å². The lowest BCUT2D eigenvalue weighted by molar-refractivity contribution is 0.251. The summed E-state index contributed by atoms with van der Waals surface area (Å²) in [6.45, 7) is 0.438. The van der Waals surface area contributed by atoms with Gasteiger partial charge in [0, 0.05) is 12.6 Å². The molecule has 0 radical (unpaired) electrons. The minimum Gasteiger partial charge on any atom is -0.336 e. The molecule has 9 heteroatoms. The Kier molecular flexibility index (Phi) is 4.76. The van der Waals surface area contributed by atoms with E-state index >= 15 is 0 Å². The van der Waals surface area contributed by atoms with E-state index in [1.165, 1.54) is 28.2 Å². The second-order valence-corrected chi connectivity index (χ2v) is 7.22. The quantitative estimate of drug-likeness (QED) is 0.682. The molecule has 1 aliphatic carbocycles. The number of thiophene rings is 1. The molecule has 2 N–H and O–H groups in total. The molecule has 0 aliphatic heterocycles. The van der Waals surface area contributed by atoms with Gasteiger partial charge in [0.1, 0.15) is 5.82 Å². The number of anilines is 1. The van der Waals surface area contributed by atoms with Crippen LogP contribution >= 0.6 is 11.3 Å². The van der Waals surface area contributed by atoms with E-state index < -0.39 is 11.8 Å². The first-order valence-corrected chi connectivity index (χ1v) is 9.54. The number of carbonyl (C=O) groups is 1. The Hall–Kier alpha value is -2.94. The van der Waals surface area contributed by atoms with Crippen LogP contribution in [-0.4, -0.2) is 26.9 Å². The molecule has 0 unspecified atom stereocenters. The van der Waals surface area contributed by atoms with Gasteiger partial charge in [0.15, 0.2) is 5.82 Å². The van der Waals surface area contributed by atoms with Crippen LogP contribution in [0.3, 0.4) is 0 Å². The lowest BCUT2D eigenvalue weighted by Gasteiger charge is -2.07. The lowest BCUT2D eigenvalue weighted by Crippen LogP contribution is -2.34. The molecule has 2 heterocycles. The van der Waals surface area contributed by atoms with E-state index in [0.29, 0.717) is 5.82 Å². The number of hydrogen-bond donors (Lipinski definition) is 2. The summed E-state index contributed by atoms with van der Waals surface area (Å²) in [7, 11) is 0. The van der Waals surface area contributed by atoms with Crippen molar-refractivity contribution < 1.29 is 9.18 Å². The molecule has 0 spiro atoms. The van der Waals surface area contributed by atoms with E-state index in [4.69, 9.17) is 0 Å². The van der Waals surface area contributed by atoms with Crippen molar-refractivity contribution in [2.75, 3.05) is 11.9 Å². The highest BCUT2D eigenvalue weighted by molar-refractivity contribution is 7.13. The van der Waals surface area contributed by atoms with Crippen LogP contribution in [0.1, 0.15) is 18.9 Å². The summed E-state index contributed by atoms with van der Waals surface area (Å²) in [4.78, 5) is 25.5. The molecule has 1 saturated carbocycles. The number of aromatic nitrogens is 3. The minimum absolute atomic E-state index is 0.102. The topological polar surface area (TPSA) is 81.0 Å². The van der Waals surface area contributed by atoms with Crippen molar-refractivity contribution >= 4 is 23.1 Å². The third kappa shape index (κ3) is 3.77. The summed E-state index contributed by atoms with van der Waals surface area (Å²) >= 11 is 1.54. The highest BCUT2D eigenvalue weighted by Gasteiger charge is 2.30. The van der Waals surface area contributed by atoms with Crippen LogP contribution in [0.2, 0.25) is 0 Å². The monoisotopic (exact) mass is 387 g/mol. The standard InChI is InChI=1S/C18H18FN5O2S/c19-13-4-1-2-5-14(13)21-17(25)20-9-10-23-18(26)24(12-7-8-12)16(22-23)15-6-3-11-27-15/h1-6,11-12H,7-10H2,(H2,20,21,25). The normalized spacial score (nSPS) is 13.5. The fourth-order valence-corrected chi connectivity index (χ4v) is 3.51. The fourth-order valence-electron chi connectivity index (χ4n) is 2.81. The van der Waals surface area contributed by atoms with Crippen molar-refractivity contribution in [2.24, 2.45) is 0 Å². The average molecular weight is 387 g/mol. The number of para-hydroxylation sites is 1. The van der Waals surface area contributed by atoms with Gasteiger partial charge < -0.3 is 10.6 Å². The summed E-state index contributed by atoms with van der Waals surface area (Å²) in [5, 5.41) is 11.5. The Morgan fingerprint density at radius 2 is 2.07 bits per heavy atom. The Morgan fingerprint density at radius 3 is 2.78 bits per heavy atom. The summed E-state index contributed by atoms with van der Waals surface area (Å²) in [6.07, 6.45) is 1.96.